The van der Waals surface area contributed by atoms with Crippen LogP contribution in [0, 0.1) is 0 Å². The number of nitrogens with one attached hydrogen (secondary N) is 2. The number of benzene rings is 5. The molecule has 3 amide bonds. The molecule has 0 aliphatic heterocycles. The number of halogens is 2. The Balaban J connectivity index is 1.44. The van der Waals surface area contributed by atoms with Crippen LogP contribution in [0.5, 0.6) is 0 Å². The maximum absolute atomic E-state index is 13.9. The Morgan fingerprint density at radius 3 is 1.86 bits per heavy atom. The van der Waals surface area contributed by atoms with Crippen LogP contribution in [-0.4, -0.2) is 17.7 Å². The van der Waals surface area contributed by atoms with Gasteiger partial charge in [0, 0.05) is 21.1 Å². The molecule has 0 atom stereocenters. The monoisotopic (exact) mass is 695 g/mol. The van der Waals surface area contributed by atoms with Gasteiger partial charge in [0.1, 0.15) is 0 Å². The average Bonchev–Trinajstić information content (AvgIpc) is 3.04. The summed E-state index contributed by atoms with van der Waals surface area (Å²) in [7, 11) is 0. The van der Waals surface area contributed by atoms with Crippen LogP contribution in [0.4, 0.5) is 11.4 Å². The normalized spacial score (nSPS) is 10.6. The first-order valence-electron chi connectivity index (χ1n) is 13.5. The summed E-state index contributed by atoms with van der Waals surface area (Å²) in [4.78, 5) is 42.4. The predicted octanol–water partition coefficient (Wildman–Crippen LogP) is 8.24. The van der Waals surface area contributed by atoms with Crippen molar-refractivity contribution in [3.05, 3.63) is 164 Å². The first-order chi connectivity index (χ1) is 20.9. The Labute approximate surface area is 267 Å². The molecule has 0 bridgehead atoms. The standard InChI is InChI=1S/C35H27Br2N3O3/c36-27-18-14-25(15-19-27)23-40(35(43)26-16-20-28(37)21-17-26)32-13-7-5-11-30(32)34(42)39-31-12-6-4-10-29(31)33(41)38-22-24-8-2-1-3-9-24/h1-21H,22-23H2,(H,38,41)(H,39,42). The van der Waals surface area contributed by atoms with Crippen LogP contribution in [-0.2, 0) is 13.1 Å². The molecule has 0 radical (unpaired) electrons. The summed E-state index contributed by atoms with van der Waals surface area (Å²) < 4.78 is 1.78. The van der Waals surface area contributed by atoms with Crippen molar-refractivity contribution < 1.29 is 14.4 Å². The number of para-hydroxylation sites is 2. The summed E-state index contributed by atoms with van der Waals surface area (Å²) in [5, 5.41) is 5.83. The molecule has 0 aromatic heterocycles. The molecule has 5 rings (SSSR count). The molecule has 0 saturated carbocycles. The highest BCUT2D eigenvalue weighted by atomic mass is 79.9. The van der Waals surface area contributed by atoms with Gasteiger partial charge in [0.05, 0.1) is 29.0 Å². The molecule has 0 aliphatic rings. The molecule has 0 heterocycles. The lowest BCUT2D eigenvalue weighted by Crippen LogP contribution is -2.32. The molecular formula is C35H27Br2N3O3. The maximum Gasteiger partial charge on any atom is 0.258 e. The maximum atomic E-state index is 13.9. The highest BCUT2D eigenvalue weighted by Gasteiger charge is 2.24. The lowest BCUT2D eigenvalue weighted by Gasteiger charge is -2.25. The molecule has 0 aliphatic carbocycles. The number of hydrogen-bond acceptors (Lipinski definition) is 3. The van der Waals surface area contributed by atoms with Gasteiger partial charge in [-0.15, -0.1) is 0 Å². The molecule has 2 N–H and O–H groups in total. The van der Waals surface area contributed by atoms with E-state index in [1.54, 1.807) is 65.6 Å². The number of carbonyl (C=O) groups is 3. The van der Waals surface area contributed by atoms with Gasteiger partial charge in [-0.25, -0.2) is 0 Å². The minimum absolute atomic E-state index is 0.241. The summed E-state index contributed by atoms with van der Waals surface area (Å²) in [6.45, 7) is 0.596. The lowest BCUT2D eigenvalue weighted by atomic mass is 10.1. The zero-order chi connectivity index (χ0) is 30.2. The molecule has 5 aromatic carbocycles. The molecule has 0 fully saturated rings. The van der Waals surface area contributed by atoms with Gasteiger partial charge in [-0.2, -0.15) is 0 Å². The Morgan fingerprint density at radius 1 is 0.581 bits per heavy atom. The van der Waals surface area contributed by atoms with Crippen molar-refractivity contribution in [1.29, 1.82) is 0 Å². The molecule has 5 aromatic rings. The SMILES string of the molecule is O=C(NCc1ccccc1)c1ccccc1NC(=O)c1ccccc1N(Cc1ccc(Br)cc1)C(=O)c1ccc(Br)cc1. The number of anilines is 2. The van der Waals surface area contributed by atoms with E-state index in [-0.39, 0.29) is 18.4 Å². The van der Waals surface area contributed by atoms with E-state index >= 15 is 0 Å². The lowest BCUT2D eigenvalue weighted by molar-refractivity contribution is 0.0950. The van der Waals surface area contributed by atoms with Crippen molar-refractivity contribution >= 4 is 61.0 Å². The number of amides is 3. The Morgan fingerprint density at radius 2 is 1.16 bits per heavy atom. The van der Waals surface area contributed by atoms with Gasteiger partial charge in [-0.3, -0.25) is 14.4 Å². The number of nitrogens with zero attached hydrogens (tertiary/aromatic N) is 1. The van der Waals surface area contributed by atoms with Gasteiger partial charge in [-0.1, -0.05) is 98.6 Å². The second-order valence-corrected chi connectivity index (χ2v) is 11.5. The number of rotatable bonds is 9. The quantitative estimate of drug-likeness (QED) is 0.163. The third kappa shape index (κ3) is 7.66. The van der Waals surface area contributed by atoms with Crippen molar-refractivity contribution in [2.24, 2.45) is 0 Å². The third-order valence-corrected chi connectivity index (χ3v) is 7.80. The van der Waals surface area contributed by atoms with Gasteiger partial charge in [-0.05, 0) is 71.8 Å². The minimum atomic E-state index is -0.441. The van der Waals surface area contributed by atoms with E-state index in [2.05, 4.69) is 42.5 Å². The molecular weight excluding hydrogens is 670 g/mol. The van der Waals surface area contributed by atoms with E-state index in [4.69, 9.17) is 0 Å². The third-order valence-electron chi connectivity index (χ3n) is 6.75. The molecule has 43 heavy (non-hydrogen) atoms. The van der Waals surface area contributed by atoms with Crippen molar-refractivity contribution in [2.45, 2.75) is 13.1 Å². The first kappa shape index (κ1) is 29.9. The molecule has 6 nitrogen and oxygen atoms in total. The average molecular weight is 697 g/mol. The highest BCUT2D eigenvalue weighted by molar-refractivity contribution is 9.10. The smallest absolute Gasteiger partial charge is 0.258 e. The predicted molar refractivity (Wildman–Crippen MR) is 177 cm³/mol. The van der Waals surface area contributed by atoms with E-state index in [9.17, 15) is 14.4 Å². The van der Waals surface area contributed by atoms with Gasteiger partial charge >= 0.3 is 0 Å². The summed E-state index contributed by atoms with van der Waals surface area (Å²) in [5.41, 5.74) is 3.78. The van der Waals surface area contributed by atoms with E-state index < -0.39 is 5.91 Å². The largest absolute Gasteiger partial charge is 0.348 e. The Kier molecular flexibility index (Phi) is 9.81. The fourth-order valence-corrected chi connectivity index (χ4v) is 5.07. The Hall–Kier alpha value is -4.53. The van der Waals surface area contributed by atoms with Crippen LogP contribution in [0.2, 0.25) is 0 Å². The molecule has 8 heteroatoms. The van der Waals surface area contributed by atoms with Crippen LogP contribution in [0.1, 0.15) is 42.2 Å². The van der Waals surface area contributed by atoms with Crippen LogP contribution >= 0.6 is 31.9 Å². The summed E-state index contributed by atoms with van der Waals surface area (Å²) in [6, 6.07) is 38.2. The van der Waals surface area contributed by atoms with E-state index in [0.29, 0.717) is 34.6 Å². The number of carbonyl (C=O) groups excluding carboxylic acids is 3. The van der Waals surface area contributed by atoms with Gasteiger partial charge in [0.25, 0.3) is 17.7 Å². The zero-order valence-electron chi connectivity index (χ0n) is 23.0. The van der Waals surface area contributed by atoms with Crippen molar-refractivity contribution in [3.8, 4) is 0 Å². The van der Waals surface area contributed by atoms with Crippen molar-refractivity contribution in [3.63, 3.8) is 0 Å². The number of hydrogen-bond donors (Lipinski definition) is 2. The highest BCUT2D eigenvalue weighted by Crippen LogP contribution is 2.27. The van der Waals surface area contributed by atoms with E-state index in [0.717, 1.165) is 20.1 Å². The molecule has 0 unspecified atom stereocenters. The Bertz CT molecular complexity index is 1740. The fourth-order valence-electron chi connectivity index (χ4n) is 4.54. The van der Waals surface area contributed by atoms with E-state index in [1.807, 2.05) is 66.7 Å². The van der Waals surface area contributed by atoms with Crippen LogP contribution in [0.3, 0.4) is 0 Å². The summed E-state index contributed by atoms with van der Waals surface area (Å²) >= 11 is 6.89. The molecule has 0 spiro atoms. The van der Waals surface area contributed by atoms with Gasteiger partial charge in [0.15, 0.2) is 0 Å². The summed E-state index contributed by atoms with van der Waals surface area (Å²) in [5.74, 6) is -1.00. The van der Waals surface area contributed by atoms with Crippen LogP contribution < -0.4 is 15.5 Å². The van der Waals surface area contributed by atoms with Crippen LogP contribution in [0.25, 0.3) is 0 Å². The topological polar surface area (TPSA) is 78.5 Å². The van der Waals surface area contributed by atoms with Crippen molar-refractivity contribution in [1.82, 2.24) is 5.32 Å². The second-order valence-electron chi connectivity index (χ2n) is 9.71. The van der Waals surface area contributed by atoms with E-state index in [1.165, 1.54) is 0 Å². The molecule has 214 valence electrons. The first-order valence-corrected chi connectivity index (χ1v) is 15.1. The minimum Gasteiger partial charge on any atom is -0.348 e. The van der Waals surface area contributed by atoms with Gasteiger partial charge < -0.3 is 15.5 Å². The van der Waals surface area contributed by atoms with Gasteiger partial charge in [0.2, 0.25) is 0 Å². The zero-order valence-corrected chi connectivity index (χ0v) is 26.1. The van der Waals surface area contributed by atoms with Crippen molar-refractivity contribution in [2.75, 3.05) is 10.2 Å². The second kappa shape index (κ2) is 14.1. The summed E-state index contributed by atoms with van der Waals surface area (Å²) in [6.07, 6.45) is 0. The molecule has 0 saturated heterocycles. The van der Waals surface area contributed by atoms with Crippen LogP contribution in [0.15, 0.2) is 136 Å². The fraction of sp³-hybridized carbons (Fsp3) is 0.0571.